The van der Waals surface area contributed by atoms with E-state index >= 15 is 0 Å². The van der Waals surface area contributed by atoms with Gasteiger partial charge < -0.3 is 14.7 Å². The second kappa shape index (κ2) is 5.10. The van der Waals surface area contributed by atoms with Crippen LogP contribution in [0.4, 0.5) is 0 Å². The van der Waals surface area contributed by atoms with Crippen LogP contribution in [0.3, 0.4) is 0 Å². The smallest absolute Gasteiger partial charge is 0.230 e. The van der Waals surface area contributed by atoms with Gasteiger partial charge in [0.1, 0.15) is 5.76 Å². The Balaban J connectivity index is 2.18. The van der Waals surface area contributed by atoms with Gasteiger partial charge >= 0.3 is 0 Å². The lowest BCUT2D eigenvalue weighted by molar-refractivity contribution is -0.135. The van der Waals surface area contributed by atoms with Crippen molar-refractivity contribution in [3.63, 3.8) is 0 Å². The van der Waals surface area contributed by atoms with Crippen LogP contribution < -0.4 is 5.32 Å². The van der Waals surface area contributed by atoms with Gasteiger partial charge in [-0.3, -0.25) is 4.79 Å². The number of aromatic nitrogens is 1. The summed E-state index contributed by atoms with van der Waals surface area (Å²) in [6, 6.07) is 0.245. The predicted octanol–water partition coefficient (Wildman–Crippen LogP) is 1.22. The molecular formula is C13H21N3O2. The summed E-state index contributed by atoms with van der Waals surface area (Å²) in [5.74, 6) is 0.728. The molecule has 1 aliphatic rings. The van der Waals surface area contributed by atoms with E-state index in [1.54, 1.807) is 0 Å². The van der Waals surface area contributed by atoms with Crippen LogP contribution in [0.5, 0.6) is 0 Å². The molecule has 0 radical (unpaired) electrons. The number of amides is 1. The van der Waals surface area contributed by atoms with Gasteiger partial charge in [0.15, 0.2) is 0 Å². The van der Waals surface area contributed by atoms with Gasteiger partial charge in [0.25, 0.3) is 0 Å². The molecule has 0 unspecified atom stereocenters. The van der Waals surface area contributed by atoms with Crippen molar-refractivity contribution in [2.45, 2.75) is 39.7 Å². The maximum absolute atomic E-state index is 12.5. The minimum Gasteiger partial charge on any atom is -0.361 e. The fraction of sp³-hybridized carbons (Fsp3) is 0.692. The number of carbonyl (C=O) groups excluding carboxylic acids is 1. The molecule has 0 aromatic carbocycles. The molecule has 0 saturated carbocycles. The Hall–Kier alpha value is -1.36. The quantitative estimate of drug-likeness (QED) is 0.858. The van der Waals surface area contributed by atoms with E-state index in [4.69, 9.17) is 4.52 Å². The number of carbonyl (C=O) groups is 1. The average Bonchev–Trinajstić information content (AvgIpc) is 2.68. The van der Waals surface area contributed by atoms with Crippen molar-refractivity contribution in [2.24, 2.45) is 0 Å². The minimum atomic E-state index is -0.184. The van der Waals surface area contributed by atoms with Crippen molar-refractivity contribution in [1.82, 2.24) is 15.4 Å². The van der Waals surface area contributed by atoms with Crippen LogP contribution in [-0.4, -0.2) is 41.6 Å². The van der Waals surface area contributed by atoms with E-state index in [1.165, 1.54) is 0 Å². The Morgan fingerprint density at radius 1 is 1.56 bits per heavy atom. The third-order valence-electron chi connectivity index (χ3n) is 3.68. The largest absolute Gasteiger partial charge is 0.361 e. The molecule has 1 aromatic rings. The molecule has 1 aromatic heterocycles. The maximum Gasteiger partial charge on any atom is 0.230 e. The summed E-state index contributed by atoms with van der Waals surface area (Å²) < 4.78 is 5.15. The van der Waals surface area contributed by atoms with Gasteiger partial charge in [-0.2, -0.15) is 0 Å². The Kier molecular flexibility index (Phi) is 3.71. The average molecular weight is 251 g/mol. The molecule has 1 aliphatic heterocycles. The first-order chi connectivity index (χ1) is 8.52. The number of rotatable bonds is 2. The molecule has 2 rings (SSSR count). The number of nitrogens with one attached hydrogen (secondary N) is 1. The summed E-state index contributed by atoms with van der Waals surface area (Å²) >= 11 is 0. The van der Waals surface area contributed by atoms with E-state index < -0.39 is 0 Å². The summed E-state index contributed by atoms with van der Waals surface area (Å²) in [4.78, 5) is 14.5. The van der Waals surface area contributed by atoms with E-state index in [-0.39, 0.29) is 17.9 Å². The van der Waals surface area contributed by atoms with Crippen LogP contribution in [0.25, 0.3) is 0 Å². The Labute approximate surface area is 108 Å². The first-order valence-electron chi connectivity index (χ1n) is 6.46. The highest BCUT2D eigenvalue weighted by Crippen LogP contribution is 2.25. The highest BCUT2D eigenvalue weighted by molar-refractivity contribution is 5.84. The normalized spacial score (nSPS) is 22.0. The second-order valence-electron chi connectivity index (χ2n) is 5.04. The van der Waals surface area contributed by atoms with Crippen LogP contribution in [0.1, 0.15) is 36.8 Å². The zero-order valence-corrected chi connectivity index (χ0v) is 11.5. The molecule has 2 heterocycles. The van der Waals surface area contributed by atoms with E-state index in [2.05, 4.69) is 17.4 Å². The fourth-order valence-electron chi connectivity index (χ4n) is 2.65. The molecule has 0 aliphatic carbocycles. The van der Waals surface area contributed by atoms with E-state index in [0.717, 1.165) is 36.7 Å². The first kappa shape index (κ1) is 13.1. The topological polar surface area (TPSA) is 58.4 Å². The molecule has 0 bridgehead atoms. The zero-order chi connectivity index (χ0) is 13.3. The lowest BCUT2D eigenvalue weighted by Gasteiger charge is -2.35. The van der Waals surface area contributed by atoms with E-state index in [1.807, 2.05) is 25.7 Å². The zero-order valence-electron chi connectivity index (χ0n) is 11.5. The van der Waals surface area contributed by atoms with Crippen molar-refractivity contribution in [3.05, 3.63) is 17.0 Å². The molecule has 1 amide bonds. The van der Waals surface area contributed by atoms with Crippen LogP contribution in [0, 0.1) is 13.8 Å². The highest BCUT2D eigenvalue weighted by Gasteiger charge is 2.30. The first-order valence-corrected chi connectivity index (χ1v) is 6.46. The van der Waals surface area contributed by atoms with Crippen LogP contribution in [0.15, 0.2) is 4.52 Å². The molecule has 100 valence electrons. The van der Waals surface area contributed by atoms with Crippen LogP contribution in [0.2, 0.25) is 0 Å². The Bertz CT molecular complexity index is 422. The van der Waals surface area contributed by atoms with Gasteiger partial charge in [-0.1, -0.05) is 5.16 Å². The molecule has 2 atom stereocenters. The highest BCUT2D eigenvalue weighted by atomic mass is 16.5. The molecule has 1 fully saturated rings. The maximum atomic E-state index is 12.5. The van der Waals surface area contributed by atoms with E-state index in [9.17, 15) is 4.79 Å². The van der Waals surface area contributed by atoms with Gasteiger partial charge in [0.05, 0.1) is 11.6 Å². The lowest BCUT2D eigenvalue weighted by atomic mass is 9.97. The number of nitrogens with zero attached hydrogens (tertiary/aromatic N) is 2. The third-order valence-corrected chi connectivity index (χ3v) is 3.68. The third kappa shape index (κ3) is 2.27. The molecular weight excluding hydrogens is 230 g/mol. The molecule has 1 N–H and O–H groups in total. The van der Waals surface area contributed by atoms with Gasteiger partial charge in [-0.25, -0.2) is 0 Å². The summed E-state index contributed by atoms with van der Waals surface area (Å²) in [7, 11) is 0. The van der Waals surface area contributed by atoms with Crippen LogP contribution >= 0.6 is 0 Å². The Morgan fingerprint density at radius 3 is 2.83 bits per heavy atom. The molecule has 5 heteroatoms. The summed E-state index contributed by atoms with van der Waals surface area (Å²) in [6.45, 7) is 10.3. The fourth-order valence-corrected chi connectivity index (χ4v) is 2.65. The molecule has 18 heavy (non-hydrogen) atoms. The SMILES string of the molecule is Cc1noc(C)c1[C@H](C)C(=O)N1CCNC[C@@H]1C. The summed E-state index contributed by atoms with van der Waals surface area (Å²) in [5.41, 5.74) is 1.75. The van der Waals surface area contributed by atoms with Gasteiger partial charge in [0, 0.05) is 31.2 Å². The summed E-state index contributed by atoms with van der Waals surface area (Å²) in [5, 5.41) is 7.22. The van der Waals surface area contributed by atoms with Crippen LogP contribution in [-0.2, 0) is 4.79 Å². The number of hydrogen-bond acceptors (Lipinski definition) is 4. The van der Waals surface area contributed by atoms with E-state index in [0.29, 0.717) is 0 Å². The van der Waals surface area contributed by atoms with Crippen molar-refractivity contribution in [2.75, 3.05) is 19.6 Å². The molecule has 0 spiro atoms. The number of hydrogen-bond donors (Lipinski definition) is 1. The number of aryl methyl sites for hydroxylation is 2. The number of piperazine rings is 1. The van der Waals surface area contributed by atoms with Gasteiger partial charge in [0.2, 0.25) is 5.91 Å². The predicted molar refractivity (Wildman–Crippen MR) is 68.4 cm³/mol. The van der Waals surface area contributed by atoms with Gasteiger partial charge in [-0.15, -0.1) is 0 Å². The summed E-state index contributed by atoms with van der Waals surface area (Å²) in [6.07, 6.45) is 0. The minimum absolute atomic E-state index is 0.165. The van der Waals surface area contributed by atoms with Crippen molar-refractivity contribution in [1.29, 1.82) is 0 Å². The lowest BCUT2D eigenvalue weighted by Crippen LogP contribution is -2.53. The monoisotopic (exact) mass is 251 g/mol. The standard InChI is InChI=1S/C13H21N3O2/c1-8-7-14-5-6-16(8)13(17)9(2)12-10(3)15-18-11(12)4/h8-9,14H,5-7H2,1-4H3/t8-,9-/m0/s1. The van der Waals surface area contributed by atoms with Crippen molar-refractivity contribution < 1.29 is 9.32 Å². The Morgan fingerprint density at radius 2 is 2.28 bits per heavy atom. The van der Waals surface area contributed by atoms with Crippen molar-refractivity contribution >= 4 is 5.91 Å². The molecule has 5 nitrogen and oxygen atoms in total. The van der Waals surface area contributed by atoms with Crippen molar-refractivity contribution in [3.8, 4) is 0 Å². The molecule has 1 saturated heterocycles. The van der Waals surface area contributed by atoms with Gasteiger partial charge in [-0.05, 0) is 27.7 Å². The second-order valence-corrected chi connectivity index (χ2v) is 5.04.